The van der Waals surface area contributed by atoms with Crippen LogP contribution in [-0.2, 0) is 0 Å². The molecule has 0 fully saturated rings. The van der Waals surface area contributed by atoms with Crippen molar-refractivity contribution >= 4 is 55.3 Å². The smallest absolute Gasteiger partial charge is 0.175 e. The van der Waals surface area contributed by atoms with Gasteiger partial charge < -0.3 is 5.21 Å². The molecule has 0 bridgehead atoms. The van der Waals surface area contributed by atoms with Gasteiger partial charge in [-0.3, -0.25) is 0 Å². The van der Waals surface area contributed by atoms with Gasteiger partial charge in [0.15, 0.2) is 5.17 Å². The summed E-state index contributed by atoms with van der Waals surface area (Å²) in [4.78, 5) is 0. The van der Waals surface area contributed by atoms with Gasteiger partial charge in [-0.25, -0.2) is 0 Å². The lowest BCUT2D eigenvalue weighted by Crippen LogP contribution is -1.91. The maximum Gasteiger partial charge on any atom is 0.175 e. The molecule has 5 heteroatoms. The van der Waals surface area contributed by atoms with Crippen LogP contribution >= 0.6 is 50.1 Å². The first-order chi connectivity index (χ1) is 5.65. The van der Waals surface area contributed by atoms with Crippen molar-refractivity contribution < 1.29 is 5.21 Å². The topological polar surface area (TPSA) is 32.6 Å². The molecule has 1 rings (SSSR count). The number of halogens is 3. The number of hydrogen-bond acceptors (Lipinski definition) is 2. The first-order valence-corrected chi connectivity index (χ1v) is 5.23. The molecule has 0 heterocycles. The molecule has 64 valence electrons. The standard InChI is InChI=1S/C7H4BrClINO/c8-5-3-4(7(9)11-12)1-2-6(5)10/h1-3,12H/b11-7+. The maximum absolute atomic E-state index is 8.39. The van der Waals surface area contributed by atoms with E-state index in [2.05, 4.69) is 43.7 Å². The van der Waals surface area contributed by atoms with Crippen LogP contribution in [-0.4, -0.2) is 10.4 Å². The molecule has 0 aliphatic rings. The number of nitrogens with zero attached hydrogens (tertiary/aromatic N) is 1. The van der Waals surface area contributed by atoms with Crippen molar-refractivity contribution in [3.05, 3.63) is 31.8 Å². The van der Waals surface area contributed by atoms with E-state index in [0.717, 1.165) is 8.04 Å². The van der Waals surface area contributed by atoms with Crippen molar-refractivity contribution in [1.29, 1.82) is 0 Å². The third-order valence-electron chi connectivity index (χ3n) is 1.25. The number of hydrogen-bond donors (Lipinski definition) is 1. The molecule has 0 aromatic heterocycles. The summed E-state index contributed by atoms with van der Waals surface area (Å²) >= 11 is 11.1. The molecule has 12 heavy (non-hydrogen) atoms. The summed E-state index contributed by atoms with van der Waals surface area (Å²) in [5, 5.41) is 11.4. The average Bonchev–Trinajstić information content (AvgIpc) is 2.08. The number of oxime groups is 1. The number of benzene rings is 1. The van der Waals surface area contributed by atoms with E-state index in [0.29, 0.717) is 5.56 Å². The van der Waals surface area contributed by atoms with E-state index in [4.69, 9.17) is 16.8 Å². The maximum atomic E-state index is 8.39. The zero-order valence-electron chi connectivity index (χ0n) is 5.76. The molecule has 0 aliphatic heterocycles. The Kier molecular flexibility index (Phi) is 3.79. The van der Waals surface area contributed by atoms with Gasteiger partial charge in [-0.2, -0.15) is 0 Å². The van der Waals surface area contributed by atoms with Crippen molar-refractivity contribution in [2.75, 3.05) is 0 Å². The Labute approximate surface area is 96.9 Å². The number of rotatable bonds is 1. The molecule has 0 atom stereocenters. The van der Waals surface area contributed by atoms with E-state index in [-0.39, 0.29) is 5.17 Å². The van der Waals surface area contributed by atoms with Gasteiger partial charge in [0.2, 0.25) is 0 Å². The van der Waals surface area contributed by atoms with Crippen molar-refractivity contribution in [2.24, 2.45) is 5.16 Å². The zero-order chi connectivity index (χ0) is 9.14. The van der Waals surface area contributed by atoms with Crippen molar-refractivity contribution in [3.63, 3.8) is 0 Å². The highest BCUT2D eigenvalue weighted by Gasteiger charge is 2.02. The third kappa shape index (κ3) is 2.34. The van der Waals surface area contributed by atoms with Crippen LogP contribution in [0.5, 0.6) is 0 Å². The minimum absolute atomic E-state index is 0.0899. The molecule has 0 amide bonds. The van der Waals surface area contributed by atoms with Gasteiger partial charge in [0.05, 0.1) is 0 Å². The minimum Gasteiger partial charge on any atom is -0.410 e. The Hall–Kier alpha value is 0.190. The predicted octanol–water partition coefficient (Wildman–Crippen LogP) is 3.43. The van der Waals surface area contributed by atoms with E-state index in [9.17, 15) is 0 Å². The Morgan fingerprint density at radius 3 is 2.75 bits per heavy atom. The summed E-state index contributed by atoms with van der Waals surface area (Å²) < 4.78 is 2.01. The van der Waals surface area contributed by atoms with Crippen molar-refractivity contribution in [1.82, 2.24) is 0 Å². The van der Waals surface area contributed by atoms with Crippen LogP contribution in [0.15, 0.2) is 27.8 Å². The summed E-state index contributed by atoms with van der Waals surface area (Å²) in [7, 11) is 0. The van der Waals surface area contributed by atoms with E-state index in [1.165, 1.54) is 0 Å². The fourth-order valence-corrected chi connectivity index (χ4v) is 1.51. The largest absolute Gasteiger partial charge is 0.410 e. The van der Waals surface area contributed by atoms with Gasteiger partial charge in [0.1, 0.15) is 0 Å². The minimum atomic E-state index is 0.0899. The van der Waals surface area contributed by atoms with Crippen LogP contribution in [0.25, 0.3) is 0 Å². The molecule has 2 nitrogen and oxygen atoms in total. The Balaban J connectivity index is 3.13. The van der Waals surface area contributed by atoms with Crippen LogP contribution in [0.1, 0.15) is 5.56 Å². The van der Waals surface area contributed by atoms with Crippen LogP contribution in [0.3, 0.4) is 0 Å². The second-order valence-electron chi connectivity index (χ2n) is 2.02. The van der Waals surface area contributed by atoms with Gasteiger partial charge in [0.25, 0.3) is 0 Å². The fourth-order valence-electron chi connectivity index (χ4n) is 0.682. The van der Waals surface area contributed by atoms with Gasteiger partial charge in [-0.05, 0) is 50.7 Å². The third-order valence-corrected chi connectivity index (χ3v) is 3.88. The van der Waals surface area contributed by atoms with Crippen LogP contribution < -0.4 is 0 Å². The average molecular weight is 360 g/mol. The van der Waals surface area contributed by atoms with Gasteiger partial charge >= 0.3 is 0 Å². The molecule has 1 aromatic rings. The second-order valence-corrected chi connectivity index (χ2v) is 4.39. The molecule has 0 spiro atoms. The molecule has 0 saturated carbocycles. The lowest BCUT2D eigenvalue weighted by Gasteiger charge is -1.99. The predicted molar refractivity (Wildman–Crippen MR) is 61.0 cm³/mol. The molecule has 0 radical (unpaired) electrons. The van der Waals surface area contributed by atoms with E-state index >= 15 is 0 Å². The highest BCUT2D eigenvalue weighted by atomic mass is 127. The first-order valence-electron chi connectivity index (χ1n) is 2.98. The normalized spacial score (nSPS) is 11.8. The summed E-state index contributed by atoms with van der Waals surface area (Å²) in [6, 6.07) is 5.46. The molecule has 1 aromatic carbocycles. The SMILES string of the molecule is O/N=C(/Cl)c1ccc(I)c(Br)c1. The van der Waals surface area contributed by atoms with Crippen molar-refractivity contribution in [3.8, 4) is 0 Å². The highest BCUT2D eigenvalue weighted by Crippen LogP contribution is 2.21. The summed E-state index contributed by atoms with van der Waals surface area (Å²) in [6.07, 6.45) is 0. The molecule has 1 N–H and O–H groups in total. The highest BCUT2D eigenvalue weighted by molar-refractivity contribution is 14.1. The van der Waals surface area contributed by atoms with E-state index in [1.54, 1.807) is 12.1 Å². The van der Waals surface area contributed by atoms with Crippen LogP contribution in [0.4, 0.5) is 0 Å². The van der Waals surface area contributed by atoms with Gasteiger partial charge in [-0.1, -0.05) is 22.8 Å². The Morgan fingerprint density at radius 1 is 1.58 bits per heavy atom. The summed E-state index contributed by atoms with van der Waals surface area (Å²) in [5.74, 6) is 0. The molecular weight excluding hydrogens is 356 g/mol. The summed E-state index contributed by atoms with van der Waals surface area (Å²) in [5.41, 5.74) is 0.687. The zero-order valence-corrected chi connectivity index (χ0v) is 10.3. The lowest BCUT2D eigenvalue weighted by molar-refractivity contribution is 0.321. The summed E-state index contributed by atoms with van der Waals surface area (Å²) in [6.45, 7) is 0. The first kappa shape index (κ1) is 10.3. The molecular formula is C7H4BrClINO. The van der Waals surface area contributed by atoms with Gasteiger partial charge in [0, 0.05) is 13.6 Å². The van der Waals surface area contributed by atoms with Crippen molar-refractivity contribution in [2.45, 2.75) is 0 Å². The quantitative estimate of drug-likeness (QED) is 0.354. The Morgan fingerprint density at radius 2 is 2.25 bits per heavy atom. The van der Waals surface area contributed by atoms with E-state index in [1.807, 2.05) is 6.07 Å². The fraction of sp³-hybridized carbons (Fsp3) is 0. The lowest BCUT2D eigenvalue weighted by atomic mass is 10.2. The molecule has 0 aliphatic carbocycles. The monoisotopic (exact) mass is 359 g/mol. The molecule has 0 unspecified atom stereocenters. The second kappa shape index (κ2) is 4.43. The van der Waals surface area contributed by atoms with Crippen LogP contribution in [0.2, 0.25) is 0 Å². The Bertz CT molecular complexity index is 329. The molecule has 0 saturated heterocycles. The van der Waals surface area contributed by atoms with Gasteiger partial charge in [-0.15, -0.1) is 0 Å². The van der Waals surface area contributed by atoms with E-state index < -0.39 is 0 Å². The van der Waals surface area contributed by atoms with Crippen LogP contribution in [0, 0.1) is 3.57 Å².